The van der Waals surface area contributed by atoms with E-state index in [9.17, 15) is 4.79 Å². The number of benzene rings is 1. The summed E-state index contributed by atoms with van der Waals surface area (Å²) in [4.78, 5) is 11.2. The molecule has 100 valence electrons. The molecule has 0 aliphatic carbocycles. The highest BCUT2D eigenvalue weighted by molar-refractivity contribution is 6.21. The average Bonchev–Trinajstić information content (AvgIpc) is 2.43. The molecule has 1 rings (SSSR count). The fraction of sp³-hybridized carbons (Fsp3) is 0.417. The minimum atomic E-state index is -0.294. The van der Waals surface area contributed by atoms with Crippen molar-refractivity contribution in [1.29, 1.82) is 0 Å². The van der Waals surface area contributed by atoms with E-state index in [2.05, 4.69) is 0 Å². The quantitative estimate of drug-likeness (QED) is 0.790. The Hall–Kier alpha value is -1.46. The largest absolute Gasteiger partial charge is 0.493 e. The van der Waals surface area contributed by atoms with Crippen LogP contribution in [0.2, 0.25) is 0 Å². The number of halogens is 1. The molecule has 0 aliphatic rings. The summed E-state index contributed by atoms with van der Waals surface area (Å²) in [5.74, 6) is 1.03. The molecule has 0 spiro atoms. The van der Waals surface area contributed by atoms with E-state index in [0.29, 0.717) is 24.5 Å². The average molecular weight is 273 g/mol. The topological polar surface area (TPSA) is 64.8 Å². The number of carbonyl (C=O) groups excluding carboxylic acids is 1. The standard InChI is InChI=1S/C12H17ClN2O3/c1-17-10-4-3-9(7-11(10)18-2)5-6-15(13)12(16)8-14/h3-4,7H,5-6,8,14H2,1-2H3. The molecule has 0 saturated carbocycles. The molecule has 18 heavy (non-hydrogen) atoms. The zero-order valence-electron chi connectivity index (χ0n) is 10.5. The van der Waals surface area contributed by atoms with Crippen molar-refractivity contribution in [3.05, 3.63) is 23.8 Å². The van der Waals surface area contributed by atoms with Crippen molar-refractivity contribution in [3.8, 4) is 11.5 Å². The Morgan fingerprint density at radius 3 is 2.56 bits per heavy atom. The lowest BCUT2D eigenvalue weighted by molar-refractivity contribution is -0.125. The van der Waals surface area contributed by atoms with E-state index >= 15 is 0 Å². The first-order valence-corrected chi connectivity index (χ1v) is 5.83. The van der Waals surface area contributed by atoms with Crippen molar-refractivity contribution in [2.75, 3.05) is 27.3 Å². The predicted octanol–water partition coefficient (Wildman–Crippen LogP) is 1.19. The SMILES string of the molecule is COc1ccc(CCN(Cl)C(=O)CN)cc1OC. The molecule has 0 aliphatic heterocycles. The molecule has 0 fully saturated rings. The van der Waals surface area contributed by atoms with Crippen LogP contribution in [0.4, 0.5) is 0 Å². The molecule has 1 amide bonds. The van der Waals surface area contributed by atoms with Crippen LogP contribution in [-0.2, 0) is 11.2 Å². The molecule has 1 aromatic carbocycles. The van der Waals surface area contributed by atoms with Gasteiger partial charge in [0.1, 0.15) is 0 Å². The van der Waals surface area contributed by atoms with Crippen LogP contribution in [-0.4, -0.2) is 37.6 Å². The lowest BCUT2D eigenvalue weighted by atomic mass is 10.1. The summed E-state index contributed by atoms with van der Waals surface area (Å²) in [6, 6.07) is 5.58. The molecule has 0 bridgehead atoms. The Morgan fingerprint density at radius 2 is 2.00 bits per heavy atom. The molecule has 5 nitrogen and oxygen atoms in total. The number of rotatable bonds is 6. The van der Waals surface area contributed by atoms with Gasteiger partial charge in [-0.3, -0.25) is 9.21 Å². The number of nitrogens with two attached hydrogens (primary N) is 1. The molecule has 6 heteroatoms. The highest BCUT2D eigenvalue weighted by atomic mass is 35.5. The minimum Gasteiger partial charge on any atom is -0.493 e. The summed E-state index contributed by atoms with van der Waals surface area (Å²) in [5.41, 5.74) is 6.22. The first-order valence-electron chi connectivity index (χ1n) is 5.49. The predicted molar refractivity (Wildman–Crippen MR) is 69.9 cm³/mol. The van der Waals surface area contributed by atoms with Gasteiger partial charge in [0.15, 0.2) is 11.5 Å². The fourth-order valence-electron chi connectivity index (χ4n) is 1.49. The summed E-state index contributed by atoms with van der Waals surface area (Å²) in [5, 5.41) is 0. The normalized spacial score (nSPS) is 10.0. The maximum atomic E-state index is 11.2. The molecule has 0 atom stereocenters. The summed E-state index contributed by atoms with van der Waals surface area (Å²) in [6.45, 7) is 0.308. The van der Waals surface area contributed by atoms with Gasteiger partial charge in [-0.15, -0.1) is 0 Å². The summed E-state index contributed by atoms with van der Waals surface area (Å²) in [7, 11) is 3.16. The zero-order chi connectivity index (χ0) is 13.5. The summed E-state index contributed by atoms with van der Waals surface area (Å²) < 4.78 is 11.4. The van der Waals surface area contributed by atoms with Crippen LogP contribution in [0.5, 0.6) is 11.5 Å². The van der Waals surface area contributed by atoms with Gasteiger partial charge in [-0.2, -0.15) is 0 Å². The number of hydrogen-bond donors (Lipinski definition) is 1. The van der Waals surface area contributed by atoms with Crippen LogP contribution in [0.15, 0.2) is 18.2 Å². The van der Waals surface area contributed by atoms with Crippen LogP contribution < -0.4 is 15.2 Å². The first kappa shape index (κ1) is 14.6. The number of carbonyl (C=O) groups is 1. The molecule has 1 aromatic rings. The third-order valence-electron chi connectivity index (χ3n) is 2.49. The molecule has 0 radical (unpaired) electrons. The number of hydrogen-bond acceptors (Lipinski definition) is 4. The Labute approximate surface area is 112 Å². The van der Waals surface area contributed by atoms with Gasteiger partial charge in [0.05, 0.1) is 20.8 Å². The van der Waals surface area contributed by atoms with Gasteiger partial charge in [-0.25, -0.2) is 0 Å². The number of nitrogens with zero attached hydrogens (tertiary/aromatic N) is 1. The van der Waals surface area contributed by atoms with Crippen LogP contribution in [0, 0.1) is 0 Å². The van der Waals surface area contributed by atoms with Crippen molar-refractivity contribution in [2.24, 2.45) is 5.73 Å². The second-order valence-corrected chi connectivity index (χ2v) is 4.03. The third-order valence-corrected chi connectivity index (χ3v) is 2.85. The molecular formula is C12H17ClN2O3. The zero-order valence-corrected chi connectivity index (χ0v) is 11.2. The van der Waals surface area contributed by atoms with Gasteiger partial charge in [-0.05, 0) is 24.1 Å². The van der Waals surface area contributed by atoms with E-state index in [1.807, 2.05) is 18.2 Å². The van der Waals surface area contributed by atoms with Crippen molar-refractivity contribution < 1.29 is 14.3 Å². The lowest BCUT2D eigenvalue weighted by Gasteiger charge is -2.13. The third kappa shape index (κ3) is 3.78. The Balaban J connectivity index is 2.65. The van der Waals surface area contributed by atoms with Crippen LogP contribution in [0.25, 0.3) is 0 Å². The molecule has 0 heterocycles. The highest BCUT2D eigenvalue weighted by Gasteiger charge is 2.10. The molecule has 2 N–H and O–H groups in total. The fourth-order valence-corrected chi connectivity index (χ4v) is 1.64. The van der Waals surface area contributed by atoms with Crippen LogP contribution in [0.3, 0.4) is 0 Å². The second kappa shape index (κ2) is 7.08. The van der Waals surface area contributed by atoms with Crippen molar-refractivity contribution in [3.63, 3.8) is 0 Å². The van der Waals surface area contributed by atoms with E-state index in [0.717, 1.165) is 9.98 Å². The van der Waals surface area contributed by atoms with Gasteiger partial charge in [-0.1, -0.05) is 6.07 Å². The van der Waals surface area contributed by atoms with Crippen molar-refractivity contribution in [1.82, 2.24) is 4.42 Å². The monoisotopic (exact) mass is 272 g/mol. The van der Waals surface area contributed by atoms with E-state index in [4.69, 9.17) is 27.0 Å². The summed E-state index contributed by atoms with van der Waals surface area (Å²) in [6.07, 6.45) is 0.621. The van der Waals surface area contributed by atoms with Gasteiger partial charge in [0.25, 0.3) is 5.91 Å². The maximum absolute atomic E-state index is 11.2. The lowest BCUT2D eigenvalue weighted by Crippen LogP contribution is -2.30. The van der Waals surface area contributed by atoms with Crippen molar-refractivity contribution in [2.45, 2.75) is 6.42 Å². The van der Waals surface area contributed by atoms with Gasteiger partial charge in [0.2, 0.25) is 0 Å². The van der Waals surface area contributed by atoms with Gasteiger partial charge < -0.3 is 15.2 Å². The highest BCUT2D eigenvalue weighted by Crippen LogP contribution is 2.27. The summed E-state index contributed by atoms with van der Waals surface area (Å²) >= 11 is 5.76. The Morgan fingerprint density at radius 1 is 1.33 bits per heavy atom. The number of methoxy groups -OCH3 is 2. The van der Waals surface area contributed by atoms with Gasteiger partial charge >= 0.3 is 0 Å². The first-order chi connectivity index (χ1) is 8.62. The molecule has 0 saturated heterocycles. The second-order valence-electron chi connectivity index (χ2n) is 3.62. The smallest absolute Gasteiger partial charge is 0.250 e. The number of amides is 1. The molecule has 0 aromatic heterocycles. The van der Waals surface area contributed by atoms with Crippen LogP contribution >= 0.6 is 11.8 Å². The van der Waals surface area contributed by atoms with E-state index in [1.54, 1.807) is 14.2 Å². The van der Waals surface area contributed by atoms with Crippen molar-refractivity contribution >= 4 is 17.7 Å². The Kier molecular flexibility index (Phi) is 5.74. The van der Waals surface area contributed by atoms with Gasteiger partial charge in [0, 0.05) is 18.3 Å². The van der Waals surface area contributed by atoms with Crippen LogP contribution in [0.1, 0.15) is 5.56 Å². The molecular weight excluding hydrogens is 256 g/mol. The van der Waals surface area contributed by atoms with E-state index in [1.165, 1.54) is 0 Å². The van der Waals surface area contributed by atoms with E-state index in [-0.39, 0.29) is 12.5 Å². The molecule has 0 unspecified atom stereocenters. The van der Waals surface area contributed by atoms with E-state index < -0.39 is 0 Å². The minimum absolute atomic E-state index is 0.0879. The Bertz CT molecular complexity index is 412. The number of ether oxygens (including phenoxy) is 2. The maximum Gasteiger partial charge on any atom is 0.250 e.